The van der Waals surface area contributed by atoms with E-state index < -0.39 is 60.8 Å². The summed E-state index contributed by atoms with van der Waals surface area (Å²) in [4.78, 5) is 105. The number of amides is 6. The highest BCUT2D eigenvalue weighted by molar-refractivity contribution is 7.52. The van der Waals surface area contributed by atoms with Crippen LogP contribution in [0.15, 0.2) is 97.1 Å². The molecule has 5 aromatic rings. The number of carbonyl (C=O) groups excluding carboxylic acids is 6. The maximum absolute atomic E-state index is 15.2. The predicted molar refractivity (Wildman–Crippen MR) is 292 cm³/mol. The number of alkyl halides is 2. The second-order valence-electron chi connectivity index (χ2n) is 21.6. The summed E-state index contributed by atoms with van der Waals surface area (Å²) in [6.07, 6.45) is 3.67. The highest BCUT2D eigenvalue weighted by Crippen LogP contribution is 2.59. The average molecular weight is 1120 g/mol. The lowest BCUT2D eigenvalue weighted by Gasteiger charge is -2.37. The molecule has 9 rings (SSSR count). The van der Waals surface area contributed by atoms with Gasteiger partial charge in [-0.05, 0) is 82.6 Å². The Hall–Kier alpha value is -6.65. The second-order valence-corrected chi connectivity index (χ2v) is 24.3. The number of carbonyl (C=O) groups is 6. The number of piperidine rings is 1. The van der Waals surface area contributed by atoms with Crippen molar-refractivity contribution in [3.8, 4) is 11.8 Å². The minimum Gasteiger partial charge on any atom is -0.376 e. The molecule has 4 aliphatic heterocycles. The summed E-state index contributed by atoms with van der Waals surface area (Å²) in [7, 11) is -5.86. The number of likely N-dealkylation sites (tertiary alicyclic amines) is 1. The Morgan fingerprint density at radius 3 is 2.41 bits per heavy atom. The lowest BCUT2D eigenvalue weighted by Crippen LogP contribution is -2.56. The first kappa shape index (κ1) is 57.0. The van der Waals surface area contributed by atoms with E-state index in [9.17, 15) is 47.1 Å². The third-order valence-corrected chi connectivity index (χ3v) is 17.2. The number of fused-ring (bicyclic) bond motifs is 2. The van der Waals surface area contributed by atoms with Crippen LogP contribution in [0.5, 0.6) is 0 Å². The van der Waals surface area contributed by atoms with E-state index in [1.165, 1.54) is 21.9 Å². The second kappa shape index (κ2) is 24.0. The van der Waals surface area contributed by atoms with Crippen LogP contribution in [0.25, 0.3) is 10.1 Å². The fourth-order valence-electron chi connectivity index (χ4n) is 10.6. The molecule has 5 atom stereocenters. The first-order valence-electron chi connectivity index (χ1n) is 26.7. The monoisotopic (exact) mass is 1120 g/mol. The molecule has 0 saturated carbocycles. The molecule has 0 radical (unpaired) electrons. The number of halogens is 2. The molecule has 0 spiro atoms. The van der Waals surface area contributed by atoms with Crippen LogP contribution < -0.4 is 10.6 Å². The van der Waals surface area contributed by atoms with Gasteiger partial charge in [0.25, 0.3) is 11.8 Å². The van der Waals surface area contributed by atoms with Crippen molar-refractivity contribution >= 4 is 64.5 Å². The molecule has 0 bridgehead atoms. The van der Waals surface area contributed by atoms with Gasteiger partial charge in [-0.1, -0.05) is 112 Å². The predicted octanol–water partition coefficient (Wildman–Crippen LogP) is 8.12. The molecule has 79 heavy (non-hydrogen) atoms. The van der Waals surface area contributed by atoms with Crippen LogP contribution in [0.3, 0.4) is 0 Å². The van der Waals surface area contributed by atoms with Gasteiger partial charge in [-0.2, -0.15) is 8.78 Å². The van der Waals surface area contributed by atoms with Crippen molar-refractivity contribution in [1.29, 1.82) is 0 Å². The SMILES string of the molecule is CC(C)(C)c1ccc(C[C@H](NC(=O)c2cc3cc(C(F)(F)P(=O)(O)O)ccc3s2)C(=O)N2C[C@@H](OCCCCCCC#Cc3cccc4c3CN(C3CCC(=O)NC3=O)C4=O)C[C@H]2C(=O)N2CCOC(c3ccccc3)C2)cc1. The van der Waals surface area contributed by atoms with Crippen molar-refractivity contribution in [3.05, 3.63) is 141 Å². The zero-order valence-electron chi connectivity index (χ0n) is 44.3. The standard InChI is InChI=1S/C59H64F2N5O11PS/c1-58(2,3)41-21-19-37(20-22-41)30-46(62-54(69)51-32-40-31-42(23-25-50(40)79-51)59(60,61)78(73,74)75)56(71)65-34-43(33-48(65)57(72)64-27-29-77-49(36-64)39-15-10-8-11-16-39)76-28-12-7-5-4-6-9-14-38-17-13-18-44-45(38)35-66(55(44)70)47-24-26-52(67)63-53(47)68/h8,10-11,13,15-23,25,31-32,43,46-49H,4-7,12,24,26-30,33-36H2,1-3H3,(H,62,69)(H,63,67,68)(H2,73,74,75)/t43-,46-,47?,48-,49?/m0/s1. The number of rotatable bonds is 17. The molecule has 4 aromatic carbocycles. The van der Waals surface area contributed by atoms with E-state index in [1.807, 2.05) is 60.7 Å². The maximum Gasteiger partial charge on any atom is 0.399 e. The van der Waals surface area contributed by atoms with Crippen LogP contribution in [-0.2, 0) is 57.3 Å². The van der Waals surface area contributed by atoms with Gasteiger partial charge < -0.3 is 39.3 Å². The number of imide groups is 1. The zero-order valence-corrected chi connectivity index (χ0v) is 46.0. The smallest absolute Gasteiger partial charge is 0.376 e. The Kier molecular flexibility index (Phi) is 17.3. The number of hydrogen-bond acceptors (Lipinski definition) is 10. The number of thiophene rings is 1. The molecule has 5 heterocycles. The number of nitrogens with one attached hydrogen (secondary N) is 2. The Balaban J connectivity index is 0.873. The molecule has 1 aromatic heterocycles. The minimum absolute atomic E-state index is 0.0515. The number of benzene rings is 4. The fourth-order valence-corrected chi connectivity index (χ4v) is 12.0. The Morgan fingerprint density at radius 1 is 0.924 bits per heavy atom. The molecule has 20 heteroatoms. The molecule has 4 N–H and O–H groups in total. The summed E-state index contributed by atoms with van der Waals surface area (Å²) in [5.41, 5.74) is -0.788. The molecule has 3 saturated heterocycles. The van der Waals surface area contributed by atoms with Crippen LogP contribution >= 0.6 is 18.9 Å². The highest BCUT2D eigenvalue weighted by Gasteiger charge is 2.51. The van der Waals surface area contributed by atoms with Crippen molar-refractivity contribution in [2.75, 3.05) is 32.8 Å². The molecule has 416 valence electrons. The molecule has 0 aliphatic carbocycles. The van der Waals surface area contributed by atoms with E-state index in [0.717, 1.165) is 70.5 Å². The summed E-state index contributed by atoms with van der Waals surface area (Å²) >= 11 is 0.973. The molecular weight excluding hydrogens is 1060 g/mol. The van der Waals surface area contributed by atoms with Crippen LogP contribution in [0.4, 0.5) is 8.78 Å². The van der Waals surface area contributed by atoms with Gasteiger partial charge in [-0.25, -0.2) is 0 Å². The van der Waals surface area contributed by atoms with Gasteiger partial charge in [0.2, 0.25) is 23.6 Å². The van der Waals surface area contributed by atoms with Crippen LogP contribution in [0.2, 0.25) is 0 Å². The summed E-state index contributed by atoms with van der Waals surface area (Å²) < 4.78 is 54.1. The van der Waals surface area contributed by atoms with Crippen LogP contribution in [-0.4, -0.2) is 117 Å². The fraction of sp³-hybridized carbons (Fsp3) is 0.424. The zero-order chi connectivity index (χ0) is 56.2. The van der Waals surface area contributed by atoms with Gasteiger partial charge >= 0.3 is 13.3 Å². The normalized spacial score (nSPS) is 20.2. The molecular formula is C59H64F2N5O11PS. The van der Waals surface area contributed by atoms with Crippen molar-refractivity contribution in [2.45, 2.75) is 127 Å². The van der Waals surface area contributed by atoms with Gasteiger partial charge in [0, 0.05) is 73.3 Å². The summed E-state index contributed by atoms with van der Waals surface area (Å²) in [5, 5.41) is 5.40. The summed E-state index contributed by atoms with van der Waals surface area (Å²) in [5.74, 6) is 3.97. The number of unbranched alkanes of at least 4 members (excludes halogenated alkanes) is 4. The first-order valence-corrected chi connectivity index (χ1v) is 29.1. The van der Waals surface area contributed by atoms with Crippen molar-refractivity contribution in [2.24, 2.45) is 0 Å². The Morgan fingerprint density at radius 2 is 1.67 bits per heavy atom. The Labute approximate surface area is 461 Å². The largest absolute Gasteiger partial charge is 0.399 e. The van der Waals surface area contributed by atoms with Gasteiger partial charge in [-0.3, -0.25) is 38.6 Å². The molecule has 3 fully saturated rings. The van der Waals surface area contributed by atoms with Crippen molar-refractivity contribution in [3.63, 3.8) is 0 Å². The highest BCUT2D eigenvalue weighted by atomic mass is 32.1. The van der Waals surface area contributed by atoms with Crippen LogP contribution in [0.1, 0.15) is 132 Å². The molecule has 4 aliphatic rings. The molecule has 6 amide bonds. The Bertz CT molecular complexity index is 3240. The van der Waals surface area contributed by atoms with E-state index in [1.54, 1.807) is 17.0 Å². The van der Waals surface area contributed by atoms with Gasteiger partial charge in [0.05, 0.1) is 24.1 Å². The number of hydrogen-bond donors (Lipinski definition) is 4. The minimum atomic E-state index is -5.86. The lowest BCUT2D eigenvalue weighted by molar-refractivity contribution is -0.149. The van der Waals surface area contributed by atoms with Crippen molar-refractivity contribution < 1.29 is 61.4 Å². The first-order chi connectivity index (χ1) is 37.7. The lowest BCUT2D eigenvalue weighted by atomic mass is 9.86. The van der Waals surface area contributed by atoms with E-state index in [2.05, 4.69) is 43.2 Å². The third-order valence-electron chi connectivity index (χ3n) is 15.1. The maximum atomic E-state index is 15.2. The summed E-state index contributed by atoms with van der Waals surface area (Å²) in [6, 6.07) is 24.3. The van der Waals surface area contributed by atoms with Crippen LogP contribution in [0, 0.1) is 11.8 Å². The number of ether oxygens (including phenoxy) is 2. The van der Waals surface area contributed by atoms with Gasteiger partial charge in [0.1, 0.15) is 24.2 Å². The summed E-state index contributed by atoms with van der Waals surface area (Å²) in [6.45, 7) is 7.80. The molecule has 16 nitrogen and oxygen atoms in total. The third kappa shape index (κ3) is 13.0. The van der Waals surface area contributed by atoms with E-state index in [-0.39, 0.29) is 91.4 Å². The van der Waals surface area contributed by atoms with E-state index in [0.29, 0.717) is 36.3 Å². The number of morpholine rings is 1. The van der Waals surface area contributed by atoms with E-state index >= 15 is 4.79 Å². The van der Waals surface area contributed by atoms with Gasteiger partial charge in [0.15, 0.2) is 0 Å². The van der Waals surface area contributed by atoms with Crippen molar-refractivity contribution in [1.82, 2.24) is 25.3 Å². The quantitative estimate of drug-likeness (QED) is 0.0302. The number of nitrogens with zero attached hydrogens (tertiary/aromatic N) is 3. The van der Waals surface area contributed by atoms with Gasteiger partial charge in [-0.15, -0.1) is 11.3 Å². The average Bonchev–Trinajstić information content (AvgIpc) is 4.15. The topological polar surface area (TPSA) is 212 Å². The van der Waals surface area contributed by atoms with E-state index in [4.69, 9.17) is 9.47 Å². The molecule has 2 unspecified atom stereocenters.